The summed E-state index contributed by atoms with van der Waals surface area (Å²) in [4.78, 5) is 2.53. The van der Waals surface area contributed by atoms with Crippen LogP contribution in [0.15, 0.2) is 28.1 Å². The molecule has 0 N–H and O–H groups in total. The third kappa shape index (κ3) is 1.80. The second-order valence-corrected chi connectivity index (χ2v) is 5.24. The van der Waals surface area contributed by atoms with Gasteiger partial charge in [0.1, 0.15) is 0 Å². The molecular formula is C9H7BrOS2. The molecule has 4 heteroatoms. The van der Waals surface area contributed by atoms with E-state index < -0.39 is 0 Å². The van der Waals surface area contributed by atoms with Gasteiger partial charge in [0.05, 0.1) is 11.6 Å². The Bertz CT molecular complexity index is 392. The minimum atomic E-state index is 0.934. The van der Waals surface area contributed by atoms with Crippen molar-refractivity contribution in [2.75, 3.05) is 7.11 Å². The maximum absolute atomic E-state index is 5.20. The van der Waals surface area contributed by atoms with E-state index in [0.717, 1.165) is 9.54 Å². The Morgan fingerprint density at radius 3 is 2.77 bits per heavy atom. The monoisotopic (exact) mass is 274 g/mol. The first-order valence-corrected chi connectivity index (χ1v) is 6.17. The lowest BCUT2D eigenvalue weighted by atomic mass is 10.4. The van der Waals surface area contributed by atoms with Gasteiger partial charge in [-0.15, -0.1) is 11.3 Å². The number of methoxy groups -OCH3 is 1. The number of thiophene rings is 2. The lowest BCUT2D eigenvalue weighted by Crippen LogP contribution is -1.75. The average Bonchev–Trinajstić information content (AvgIpc) is 2.71. The van der Waals surface area contributed by atoms with Crippen LogP contribution in [0.2, 0.25) is 0 Å². The molecule has 0 spiro atoms. The number of ether oxygens (including phenoxy) is 1. The fourth-order valence-electron chi connectivity index (χ4n) is 1.03. The van der Waals surface area contributed by atoms with Gasteiger partial charge in [-0.1, -0.05) is 17.4 Å². The Morgan fingerprint density at radius 2 is 2.23 bits per heavy atom. The van der Waals surface area contributed by atoms with E-state index in [-0.39, 0.29) is 0 Å². The lowest BCUT2D eigenvalue weighted by Gasteiger charge is -1.91. The summed E-state index contributed by atoms with van der Waals surface area (Å²) in [7, 11) is 1.69. The summed E-state index contributed by atoms with van der Waals surface area (Å²) in [5.74, 6) is 0. The molecule has 0 saturated heterocycles. The number of hydrogen-bond acceptors (Lipinski definition) is 3. The van der Waals surface area contributed by atoms with Crippen molar-refractivity contribution in [2.45, 2.75) is 0 Å². The number of halogens is 1. The number of rotatable bonds is 2. The molecule has 0 aromatic carbocycles. The standard InChI is InChI=1S/C9H7BrOS2/c1-11-9-6(10)5-8(13-9)7-3-2-4-12-7/h2-5H,1H3. The van der Waals surface area contributed by atoms with Crippen LogP contribution in [-0.2, 0) is 0 Å². The molecule has 0 bridgehead atoms. The molecular weight excluding hydrogens is 268 g/mol. The van der Waals surface area contributed by atoms with Gasteiger partial charge in [-0.3, -0.25) is 0 Å². The van der Waals surface area contributed by atoms with Gasteiger partial charge in [-0.25, -0.2) is 0 Å². The predicted octanol–water partition coefficient (Wildman–Crippen LogP) is 4.25. The van der Waals surface area contributed by atoms with Crippen molar-refractivity contribution < 1.29 is 4.74 Å². The fraction of sp³-hybridized carbons (Fsp3) is 0.111. The van der Waals surface area contributed by atoms with Gasteiger partial charge in [-0.05, 0) is 33.4 Å². The third-order valence-corrected chi connectivity index (χ3v) is 4.62. The first-order chi connectivity index (χ1) is 6.31. The van der Waals surface area contributed by atoms with Crippen molar-refractivity contribution in [1.82, 2.24) is 0 Å². The van der Waals surface area contributed by atoms with E-state index in [1.54, 1.807) is 29.8 Å². The summed E-state index contributed by atoms with van der Waals surface area (Å²) in [6.07, 6.45) is 0. The maximum Gasteiger partial charge on any atom is 0.188 e. The van der Waals surface area contributed by atoms with Gasteiger partial charge >= 0.3 is 0 Å². The molecule has 0 aliphatic heterocycles. The van der Waals surface area contributed by atoms with Crippen molar-refractivity contribution in [3.63, 3.8) is 0 Å². The van der Waals surface area contributed by atoms with Gasteiger partial charge in [0.2, 0.25) is 0 Å². The molecule has 2 rings (SSSR count). The summed E-state index contributed by atoms with van der Waals surface area (Å²) in [6.45, 7) is 0. The average molecular weight is 275 g/mol. The summed E-state index contributed by atoms with van der Waals surface area (Å²) in [5.41, 5.74) is 0. The highest BCUT2D eigenvalue weighted by molar-refractivity contribution is 9.10. The molecule has 0 amide bonds. The number of hydrogen-bond donors (Lipinski definition) is 0. The van der Waals surface area contributed by atoms with Gasteiger partial charge in [0.15, 0.2) is 5.06 Å². The van der Waals surface area contributed by atoms with E-state index in [0.29, 0.717) is 0 Å². The van der Waals surface area contributed by atoms with Crippen LogP contribution in [0.3, 0.4) is 0 Å². The van der Waals surface area contributed by atoms with Crippen molar-refractivity contribution in [2.24, 2.45) is 0 Å². The Morgan fingerprint density at radius 1 is 1.38 bits per heavy atom. The van der Waals surface area contributed by atoms with Gasteiger partial charge < -0.3 is 4.74 Å². The summed E-state index contributed by atoms with van der Waals surface area (Å²) < 4.78 is 6.23. The minimum absolute atomic E-state index is 0.934. The predicted molar refractivity (Wildman–Crippen MR) is 61.9 cm³/mol. The second kappa shape index (κ2) is 3.82. The van der Waals surface area contributed by atoms with Gasteiger partial charge in [-0.2, -0.15) is 0 Å². The molecule has 2 heterocycles. The fourth-order valence-corrected chi connectivity index (χ4v) is 3.51. The summed E-state index contributed by atoms with van der Waals surface area (Å²) >= 11 is 6.85. The van der Waals surface area contributed by atoms with Crippen LogP contribution in [0, 0.1) is 0 Å². The molecule has 0 radical (unpaired) electrons. The van der Waals surface area contributed by atoms with E-state index in [9.17, 15) is 0 Å². The molecule has 0 aliphatic rings. The van der Waals surface area contributed by atoms with Gasteiger partial charge in [0.25, 0.3) is 0 Å². The largest absolute Gasteiger partial charge is 0.486 e. The van der Waals surface area contributed by atoms with Crippen LogP contribution in [0.5, 0.6) is 5.06 Å². The second-order valence-electron chi connectivity index (χ2n) is 2.43. The highest BCUT2D eigenvalue weighted by Crippen LogP contribution is 2.41. The zero-order valence-corrected chi connectivity index (χ0v) is 10.1. The smallest absolute Gasteiger partial charge is 0.188 e. The molecule has 0 fully saturated rings. The SMILES string of the molecule is COc1sc(-c2cccs2)cc1Br. The van der Waals surface area contributed by atoms with Crippen LogP contribution in [-0.4, -0.2) is 7.11 Å². The van der Waals surface area contributed by atoms with Crippen LogP contribution in [0.1, 0.15) is 0 Å². The van der Waals surface area contributed by atoms with E-state index in [2.05, 4.69) is 39.5 Å². The first kappa shape index (κ1) is 9.24. The minimum Gasteiger partial charge on any atom is -0.486 e. The molecule has 1 nitrogen and oxygen atoms in total. The maximum atomic E-state index is 5.20. The first-order valence-electron chi connectivity index (χ1n) is 3.68. The quantitative estimate of drug-likeness (QED) is 0.796. The van der Waals surface area contributed by atoms with Crippen molar-refractivity contribution in [3.05, 3.63) is 28.1 Å². The highest BCUT2D eigenvalue weighted by atomic mass is 79.9. The van der Waals surface area contributed by atoms with Crippen LogP contribution < -0.4 is 4.74 Å². The molecule has 2 aromatic heterocycles. The topological polar surface area (TPSA) is 9.23 Å². The van der Waals surface area contributed by atoms with Crippen molar-refractivity contribution in [3.8, 4) is 14.8 Å². The van der Waals surface area contributed by atoms with Crippen LogP contribution in [0.4, 0.5) is 0 Å². The highest BCUT2D eigenvalue weighted by Gasteiger charge is 2.08. The molecule has 0 unspecified atom stereocenters. The Balaban J connectivity index is 2.43. The third-order valence-electron chi connectivity index (χ3n) is 1.60. The molecule has 13 heavy (non-hydrogen) atoms. The molecule has 0 saturated carbocycles. The van der Waals surface area contributed by atoms with Crippen molar-refractivity contribution in [1.29, 1.82) is 0 Å². The van der Waals surface area contributed by atoms with E-state index in [1.807, 2.05) is 0 Å². The molecule has 0 aliphatic carbocycles. The zero-order chi connectivity index (χ0) is 9.26. The van der Waals surface area contributed by atoms with Crippen LogP contribution >= 0.6 is 38.6 Å². The Hall–Kier alpha value is -0.320. The lowest BCUT2D eigenvalue weighted by molar-refractivity contribution is 0.425. The normalized spacial score (nSPS) is 10.3. The van der Waals surface area contributed by atoms with E-state index in [4.69, 9.17) is 4.74 Å². The summed E-state index contributed by atoms with van der Waals surface area (Å²) in [5, 5.41) is 3.01. The van der Waals surface area contributed by atoms with Crippen LogP contribution in [0.25, 0.3) is 9.75 Å². The Kier molecular flexibility index (Phi) is 2.71. The van der Waals surface area contributed by atoms with Gasteiger partial charge in [0, 0.05) is 9.75 Å². The summed E-state index contributed by atoms with van der Waals surface area (Å²) in [6, 6.07) is 6.26. The Labute approximate surface area is 93.1 Å². The molecule has 0 atom stereocenters. The van der Waals surface area contributed by atoms with E-state index in [1.165, 1.54) is 9.75 Å². The van der Waals surface area contributed by atoms with Crippen molar-refractivity contribution >= 4 is 38.6 Å². The van der Waals surface area contributed by atoms with E-state index >= 15 is 0 Å². The molecule has 68 valence electrons. The molecule has 2 aromatic rings. The zero-order valence-electron chi connectivity index (χ0n) is 6.91.